The number of benzene rings is 1. The summed E-state index contributed by atoms with van der Waals surface area (Å²) in [4.78, 5) is 22.8. The maximum Gasteiger partial charge on any atom is 0.320 e. The van der Waals surface area contributed by atoms with Crippen LogP contribution in [0.2, 0.25) is 0 Å². The van der Waals surface area contributed by atoms with E-state index >= 15 is 0 Å². The van der Waals surface area contributed by atoms with Gasteiger partial charge in [-0.15, -0.1) is 0 Å². The number of ether oxygens (including phenoxy) is 1. The van der Waals surface area contributed by atoms with E-state index in [2.05, 4.69) is 5.10 Å². The summed E-state index contributed by atoms with van der Waals surface area (Å²) in [5.74, 6) is -3.10. The number of carbonyl (C=O) groups is 2. The fourth-order valence-electron chi connectivity index (χ4n) is 2.12. The quantitative estimate of drug-likeness (QED) is 0.622. The Kier molecular flexibility index (Phi) is 5.30. The van der Waals surface area contributed by atoms with Gasteiger partial charge in [0.05, 0.1) is 19.3 Å². The van der Waals surface area contributed by atoms with Crippen LogP contribution in [-0.2, 0) is 27.3 Å². The van der Waals surface area contributed by atoms with Gasteiger partial charge in [-0.3, -0.25) is 14.3 Å². The van der Waals surface area contributed by atoms with E-state index in [1.165, 1.54) is 0 Å². The molecule has 1 heterocycles. The number of aliphatic carboxylic acids is 1. The Bertz CT molecular complexity index is 637. The van der Waals surface area contributed by atoms with Crippen molar-refractivity contribution in [3.05, 3.63) is 53.9 Å². The molecule has 6 nitrogen and oxygen atoms in total. The van der Waals surface area contributed by atoms with E-state index in [4.69, 9.17) is 9.84 Å². The zero-order valence-corrected chi connectivity index (χ0v) is 12.3. The molecule has 0 aliphatic heterocycles. The predicted molar refractivity (Wildman–Crippen MR) is 79.2 cm³/mol. The van der Waals surface area contributed by atoms with Gasteiger partial charge in [-0.1, -0.05) is 30.3 Å². The van der Waals surface area contributed by atoms with Crippen molar-refractivity contribution >= 4 is 11.9 Å². The number of carbonyl (C=O) groups excluding carboxylic acids is 1. The monoisotopic (exact) mass is 302 g/mol. The Morgan fingerprint density at radius 3 is 2.64 bits per heavy atom. The summed E-state index contributed by atoms with van der Waals surface area (Å²) in [6.07, 6.45) is 3.41. The number of aromatic nitrogens is 2. The fraction of sp³-hybridized carbons (Fsp3) is 0.312. The van der Waals surface area contributed by atoms with Crippen LogP contribution in [0.4, 0.5) is 0 Å². The molecule has 0 saturated heterocycles. The van der Waals surface area contributed by atoms with Crippen LogP contribution in [0.3, 0.4) is 0 Å². The van der Waals surface area contributed by atoms with E-state index in [9.17, 15) is 9.59 Å². The molecule has 0 spiro atoms. The molecule has 0 aliphatic carbocycles. The molecule has 2 aromatic rings. The van der Waals surface area contributed by atoms with Gasteiger partial charge in [0.1, 0.15) is 0 Å². The van der Waals surface area contributed by atoms with Crippen LogP contribution in [0.25, 0.3) is 0 Å². The topological polar surface area (TPSA) is 81.4 Å². The molecule has 0 amide bonds. The molecule has 0 bridgehead atoms. The average molecular weight is 302 g/mol. The first-order valence-corrected chi connectivity index (χ1v) is 7.05. The van der Waals surface area contributed by atoms with E-state index in [1.807, 2.05) is 30.3 Å². The van der Waals surface area contributed by atoms with Gasteiger partial charge in [0.15, 0.2) is 5.92 Å². The summed E-state index contributed by atoms with van der Waals surface area (Å²) in [5.41, 5.74) is 1.79. The highest BCUT2D eigenvalue weighted by molar-refractivity contribution is 5.94. The van der Waals surface area contributed by atoms with Gasteiger partial charge in [-0.05, 0) is 24.5 Å². The molecule has 0 aliphatic rings. The lowest BCUT2D eigenvalue weighted by atomic mass is 10.0. The first-order valence-electron chi connectivity index (χ1n) is 7.05. The molecule has 0 radical (unpaired) electrons. The summed E-state index contributed by atoms with van der Waals surface area (Å²) < 4.78 is 6.51. The zero-order chi connectivity index (χ0) is 15.9. The van der Waals surface area contributed by atoms with Crippen LogP contribution in [-0.4, -0.2) is 33.4 Å². The van der Waals surface area contributed by atoms with Gasteiger partial charge in [-0.25, -0.2) is 0 Å². The van der Waals surface area contributed by atoms with Gasteiger partial charge < -0.3 is 9.84 Å². The Morgan fingerprint density at radius 2 is 2.00 bits per heavy atom. The average Bonchev–Trinajstić information content (AvgIpc) is 2.93. The summed E-state index contributed by atoms with van der Waals surface area (Å²) in [6, 6.07) is 9.80. The number of nitrogens with zero attached hydrogens (tertiary/aromatic N) is 2. The number of hydrogen-bond acceptors (Lipinski definition) is 4. The van der Waals surface area contributed by atoms with Crippen molar-refractivity contribution in [3.63, 3.8) is 0 Å². The van der Waals surface area contributed by atoms with Gasteiger partial charge in [0.25, 0.3) is 0 Å². The predicted octanol–water partition coefficient (Wildman–Crippen LogP) is 1.74. The molecule has 0 fully saturated rings. The van der Waals surface area contributed by atoms with Crippen molar-refractivity contribution in [1.82, 2.24) is 9.78 Å². The van der Waals surface area contributed by atoms with Crippen LogP contribution in [0.5, 0.6) is 0 Å². The second-order valence-electron chi connectivity index (χ2n) is 4.88. The zero-order valence-electron chi connectivity index (χ0n) is 12.3. The largest absolute Gasteiger partial charge is 0.481 e. The van der Waals surface area contributed by atoms with E-state index in [-0.39, 0.29) is 13.0 Å². The van der Waals surface area contributed by atoms with Gasteiger partial charge in [0, 0.05) is 6.20 Å². The highest BCUT2D eigenvalue weighted by Gasteiger charge is 2.28. The second-order valence-corrected chi connectivity index (χ2v) is 4.88. The van der Waals surface area contributed by atoms with Crippen LogP contribution < -0.4 is 0 Å². The maximum absolute atomic E-state index is 11.7. The number of hydrogen-bond donors (Lipinski definition) is 1. The smallest absolute Gasteiger partial charge is 0.320 e. The molecule has 1 atom stereocenters. The van der Waals surface area contributed by atoms with Crippen LogP contribution in [0.1, 0.15) is 18.1 Å². The minimum Gasteiger partial charge on any atom is -0.481 e. The first kappa shape index (κ1) is 15.8. The van der Waals surface area contributed by atoms with Gasteiger partial charge >= 0.3 is 11.9 Å². The second kappa shape index (κ2) is 7.40. The lowest BCUT2D eigenvalue weighted by Gasteiger charge is -2.09. The van der Waals surface area contributed by atoms with Crippen LogP contribution >= 0.6 is 0 Å². The first-order chi connectivity index (χ1) is 10.6. The highest BCUT2D eigenvalue weighted by Crippen LogP contribution is 2.12. The molecule has 2 rings (SSSR count). The molecule has 1 N–H and O–H groups in total. The normalized spacial score (nSPS) is 11.9. The molecule has 6 heteroatoms. The molecule has 0 saturated carbocycles. The standard InChI is InChI=1S/C16H18N2O4/c1-2-22-16(21)14(15(19)20)8-13-9-17-18(11-13)10-12-6-4-3-5-7-12/h3-7,9,11,14H,2,8,10H2,1H3,(H,19,20). The van der Waals surface area contributed by atoms with E-state index in [0.29, 0.717) is 12.1 Å². The molecule has 1 aromatic carbocycles. The number of carboxylic acid groups (broad SMARTS) is 1. The summed E-state index contributed by atoms with van der Waals surface area (Å²) >= 11 is 0. The molecule has 1 aromatic heterocycles. The number of esters is 1. The maximum atomic E-state index is 11.7. The summed E-state index contributed by atoms with van der Waals surface area (Å²) in [6.45, 7) is 2.41. The number of rotatable bonds is 7. The van der Waals surface area contributed by atoms with Crippen molar-refractivity contribution in [1.29, 1.82) is 0 Å². The lowest BCUT2D eigenvalue weighted by molar-refractivity contribution is -0.158. The molecule has 22 heavy (non-hydrogen) atoms. The van der Waals surface area contributed by atoms with Crippen molar-refractivity contribution in [2.24, 2.45) is 5.92 Å². The molecule has 116 valence electrons. The SMILES string of the molecule is CCOC(=O)C(Cc1cnn(Cc2ccccc2)c1)C(=O)O. The fourth-order valence-corrected chi connectivity index (χ4v) is 2.12. The number of carboxylic acids is 1. The van der Waals surface area contributed by atoms with Crippen molar-refractivity contribution in [3.8, 4) is 0 Å². The van der Waals surface area contributed by atoms with Crippen LogP contribution in [0, 0.1) is 5.92 Å². The molecule has 1 unspecified atom stereocenters. The van der Waals surface area contributed by atoms with E-state index < -0.39 is 17.9 Å². The highest BCUT2D eigenvalue weighted by atomic mass is 16.5. The summed E-state index contributed by atoms with van der Waals surface area (Å²) in [7, 11) is 0. The summed E-state index contributed by atoms with van der Waals surface area (Å²) in [5, 5.41) is 13.3. The minimum absolute atomic E-state index is 0.0724. The van der Waals surface area contributed by atoms with E-state index in [0.717, 1.165) is 5.56 Å². The van der Waals surface area contributed by atoms with Gasteiger partial charge in [-0.2, -0.15) is 5.10 Å². The molecular weight excluding hydrogens is 284 g/mol. The Balaban J connectivity index is 2.04. The minimum atomic E-state index is -1.20. The molecular formula is C16H18N2O4. The third-order valence-corrected chi connectivity index (χ3v) is 3.18. The third kappa shape index (κ3) is 4.18. The van der Waals surface area contributed by atoms with Crippen molar-refractivity contribution < 1.29 is 19.4 Å². The Labute approximate surface area is 128 Å². The Hall–Kier alpha value is -2.63. The lowest BCUT2D eigenvalue weighted by Crippen LogP contribution is -2.27. The van der Waals surface area contributed by atoms with Crippen molar-refractivity contribution in [2.75, 3.05) is 6.61 Å². The third-order valence-electron chi connectivity index (χ3n) is 3.18. The van der Waals surface area contributed by atoms with Gasteiger partial charge in [0.2, 0.25) is 0 Å². The van der Waals surface area contributed by atoms with Crippen LogP contribution in [0.15, 0.2) is 42.7 Å². The van der Waals surface area contributed by atoms with E-state index in [1.54, 1.807) is 24.0 Å². The van der Waals surface area contributed by atoms with Crippen molar-refractivity contribution in [2.45, 2.75) is 19.9 Å². The Morgan fingerprint density at radius 1 is 1.27 bits per heavy atom.